The van der Waals surface area contributed by atoms with Crippen molar-refractivity contribution in [2.45, 2.75) is 17.2 Å². The average molecular weight is 569 g/mol. The van der Waals surface area contributed by atoms with Gasteiger partial charge in [0.15, 0.2) is 5.13 Å². The molecule has 40 heavy (non-hydrogen) atoms. The molecule has 0 aliphatic carbocycles. The van der Waals surface area contributed by atoms with Crippen LogP contribution in [-0.2, 0) is 0 Å². The number of benzene rings is 4. The molecule has 4 aromatic carbocycles. The van der Waals surface area contributed by atoms with Crippen LogP contribution < -0.4 is 14.8 Å². The number of nitrogens with zero attached hydrogens (tertiary/aromatic N) is 2. The van der Waals surface area contributed by atoms with Crippen molar-refractivity contribution in [3.63, 3.8) is 0 Å². The van der Waals surface area contributed by atoms with Crippen molar-refractivity contribution >= 4 is 44.7 Å². The Balaban J connectivity index is 1.28. The molecule has 0 spiro atoms. The van der Waals surface area contributed by atoms with Crippen LogP contribution in [0.2, 0.25) is 0 Å². The molecule has 0 aliphatic rings. The maximum Gasteiger partial charge on any atom is 0.323 e. The van der Waals surface area contributed by atoms with E-state index in [-0.39, 0.29) is 11.9 Å². The number of carbonyl (C=O) groups excluding carboxylic acids is 1. The Morgan fingerprint density at radius 1 is 0.875 bits per heavy atom. The fraction of sp³-hybridized carbons (Fsp3) is 0.188. The fourth-order valence-electron chi connectivity index (χ4n) is 4.55. The lowest BCUT2D eigenvalue weighted by atomic mass is 9.88. The summed E-state index contributed by atoms with van der Waals surface area (Å²) < 4.78 is 9.70. The number of fused-ring (bicyclic) bond motifs is 1. The van der Waals surface area contributed by atoms with Crippen LogP contribution in [0.4, 0.5) is 9.93 Å². The molecule has 0 saturated carbocycles. The zero-order chi connectivity index (χ0) is 27.6. The highest BCUT2D eigenvalue weighted by molar-refractivity contribution is 7.97. The molecule has 0 aliphatic heterocycles. The molecule has 5 rings (SSSR count). The topological polar surface area (TPSA) is 66.5 Å². The van der Waals surface area contributed by atoms with Crippen LogP contribution in [0.1, 0.15) is 23.5 Å². The van der Waals surface area contributed by atoms with E-state index in [1.807, 2.05) is 65.6 Å². The van der Waals surface area contributed by atoms with Gasteiger partial charge < -0.3 is 9.64 Å². The first kappa shape index (κ1) is 27.7. The van der Waals surface area contributed by atoms with Gasteiger partial charge in [0.2, 0.25) is 0 Å². The molecule has 204 valence electrons. The summed E-state index contributed by atoms with van der Waals surface area (Å²) in [6, 6.07) is 36.7. The summed E-state index contributed by atoms with van der Waals surface area (Å²) in [6.45, 7) is 1.78. The first-order valence-electron chi connectivity index (χ1n) is 13.2. The number of nitrogens with one attached hydrogen (secondary N) is 2. The number of hydrogen-bond acceptors (Lipinski definition) is 6. The van der Waals surface area contributed by atoms with E-state index >= 15 is 0 Å². The smallest absolute Gasteiger partial charge is 0.323 e. The Hall–Kier alpha value is -3.85. The highest BCUT2D eigenvalue weighted by Gasteiger charge is 2.20. The number of para-hydroxylation sites is 1. The largest absolute Gasteiger partial charge is 0.497 e. The lowest BCUT2D eigenvalue weighted by Crippen LogP contribution is -2.39. The average Bonchev–Trinajstić information content (AvgIpc) is 3.42. The molecular weight excluding hydrogens is 537 g/mol. The van der Waals surface area contributed by atoms with E-state index in [4.69, 9.17) is 4.74 Å². The van der Waals surface area contributed by atoms with Crippen molar-refractivity contribution in [2.24, 2.45) is 0 Å². The first-order valence-corrected chi connectivity index (χ1v) is 14.9. The Labute approximate surface area is 243 Å². The lowest BCUT2D eigenvalue weighted by molar-refractivity contribution is 0.211. The summed E-state index contributed by atoms with van der Waals surface area (Å²) in [7, 11) is 1.66. The predicted octanol–water partition coefficient (Wildman–Crippen LogP) is 7.66. The van der Waals surface area contributed by atoms with Gasteiger partial charge in [0, 0.05) is 30.4 Å². The summed E-state index contributed by atoms with van der Waals surface area (Å²) >= 11 is 3.03. The van der Waals surface area contributed by atoms with E-state index in [0.717, 1.165) is 27.3 Å². The molecule has 0 fully saturated rings. The second-order valence-corrected chi connectivity index (χ2v) is 11.2. The molecule has 1 aromatic heterocycles. The number of ether oxygens (including phenoxy) is 1. The van der Waals surface area contributed by atoms with Gasteiger partial charge in [0.1, 0.15) is 5.75 Å². The molecule has 0 bridgehead atoms. The van der Waals surface area contributed by atoms with Crippen molar-refractivity contribution in [1.29, 1.82) is 0 Å². The fourth-order valence-corrected chi connectivity index (χ4v) is 6.04. The van der Waals surface area contributed by atoms with Gasteiger partial charge in [-0.1, -0.05) is 84.1 Å². The number of methoxy groups -OCH3 is 1. The summed E-state index contributed by atoms with van der Waals surface area (Å²) in [5.41, 5.74) is 3.38. The van der Waals surface area contributed by atoms with Crippen LogP contribution in [0, 0.1) is 0 Å². The van der Waals surface area contributed by atoms with E-state index in [9.17, 15) is 4.79 Å². The molecule has 8 heteroatoms. The van der Waals surface area contributed by atoms with E-state index in [2.05, 4.69) is 63.6 Å². The molecular formula is C32H32N4O2S2. The number of thiazole rings is 1. The van der Waals surface area contributed by atoms with E-state index in [1.165, 1.54) is 22.5 Å². The van der Waals surface area contributed by atoms with Crippen molar-refractivity contribution < 1.29 is 9.53 Å². The van der Waals surface area contributed by atoms with Crippen LogP contribution in [0.3, 0.4) is 0 Å². The van der Waals surface area contributed by atoms with Gasteiger partial charge in [-0.25, -0.2) is 9.78 Å². The molecule has 0 saturated heterocycles. The number of aromatic nitrogens is 1. The number of urea groups is 1. The maximum atomic E-state index is 13.5. The quantitative estimate of drug-likeness (QED) is 0.119. The maximum absolute atomic E-state index is 13.5. The highest BCUT2D eigenvalue weighted by atomic mass is 32.2. The number of anilines is 1. The SMILES string of the molecule is COc1ccc(SNCCN(CCC(c2ccccc2)c2ccccc2)C(=O)Nc2nc3ccccc3s2)cc1. The Morgan fingerprint density at radius 3 is 2.17 bits per heavy atom. The van der Waals surface area contributed by atoms with Crippen LogP contribution in [-0.4, -0.2) is 42.7 Å². The van der Waals surface area contributed by atoms with Crippen molar-refractivity contribution in [3.05, 3.63) is 120 Å². The van der Waals surface area contributed by atoms with Crippen molar-refractivity contribution in [2.75, 3.05) is 32.1 Å². The van der Waals surface area contributed by atoms with Gasteiger partial charge in [-0.3, -0.25) is 10.0 Å². The third kappa shape index (κ3) is 7.41. The summed E-state index contributed by atoms with van der Waals surface area (Å²) in [5, 5.41) is 3.66. The second-order valence-electron chi connectivity index (χ2n) is 9.24. The second kappa shape index (κ2) is 14.0. The summed E-state index contributed by atoms with van der Waals surface area (Å²) in [6.07, 6.45) is 0.799. The zero-order valence-electron chi connectivity index (χ0n) is 22.3. The standard InChI is InChI=1S/C32H32N4O2S2/c1-38-26-16-18-27(19-17-26)40-33-21-23-36(32(37)35-31-34-29-14-8-9-15-30(29)39-31)22-20-28(24-10-4-2-5-11-24)25-12-6-3-7-13-25/h2-19,28,33H,20-23H2,1H3,(H,34,35,37). The molecule has 0 radical (unpaired) electrons. The lowest BCUT2D eigenvalue weighted by Gasteiger charge is -2.26. The van der Waals surface area contributed by atoms with Gasteiger partial charge in [-0.2, -0.15) is 0 Å². The minimum Gasteiger partial charge on any atom is -0.497 e. The van der Waals surface area contributed by atoms with Gasteiger partial charge in [-0.05, 0) is 65.9 Å². The molecule has 2 N–H and O–H groups in total. The molecule has 0 unspecified atom stereocenters. The van der Waals surface area contributed by atoms with Gasteiger partial charge in [-0.15, -0.1) is 0 Å². The Bertz CT molecular complexity index is 1420. The number of rotatable bonds is 12. The Morgan fingerprint density at radius 2 is 1.52 bits per heavy atom. The van der Waals surface area contributed by atoms with Gasteiger partial charge in [0.05, 0.1) is 17.3 Å². The molecule has 1 heterocycles. The monoisotopic (exact) mass is 568 g/mol. The minimum atomic E-state index is -0.143. The predicted molar refractivity (Wildman–Crippen MR) is 166 cm³/mol. The van der Waals surface area contributed by atoms with Crippen LogP contribution in [0.25, 0.3) is 10.2 Å². The number of amides is 2. The van der Waals surface area contributed by atoms with Crippen LogP contribution in [0.15, 0.2) is 114 Å². The summed E-state index contributed by atoms with van der Waals surface area (Å²) in [4.78, 5) is 21.1. The van der Waals surface area contributed by atoms with E-state index < -0.39 is 0 Å². The van der Waals surface area contributed by atoms with Crippen LogP contribution in [0.5, 0.6) is 5.75 Å². The first-order chi connectivity index (χ1) is 19.7. The van der Waals surface area contributed by atoms with E-state index in [0.29, 0.717) is 24.8 Å². The van der Waals surface area contributed by atoms with Crippen LogP contribution >= 0.6 is 23.3 Å². The molecule has 2 amide bonds. The number of carbonyl (C=O) groups is 1. The normalized spacial score (nSPS) is 11.1. The van der Waals surface area contributed by atoms with Crippen molar-refractivity contribution in [3.8, 4) is 5.75 Å². The third-order valence-corrected chi connectivity index (χ3v) is 8.43. The van der Waals surface area contributed by atoms with Gasteiger partial charge in [0.25, 0.3) is 0 Å². The molecule has 6 nitrogen and oxygen atoms in total. The van der Waals surface area contributed by atoms with E-state index in [1.54, 1.807) is 19.1 Å². The van der Waals surface area contributed by atoms with Crippen molar-refractivity contribution in [1.82, 2.24) is 14.6 Å². The molecule has 0 atom stereocenters. The minimum absolute atomic E-state index is 0.143. The molecule has 5 aromatic rings. The highest BCUT2D eigenvalue weighted by Crippen LogP contribution is 2.29. The number of hydrogen-bond donors (Lipinski definition) is 2. The summed E-state index contributed by atoms with van der Waals surface area (Å²) in [5.74, 6) is 1.01. The Kier molecular flexibility index (Phi) is 9.68. The van der Waals surface area contributed by atoms with Gasteiger partial charge >= 0.3 is 6.03 Å². The zero-order valence-corrected chi connectivity index (χ0v) is 24.0. The third-order valence-electron chi connectivity index (χ3n) is 6.62.